The molecule has 3 atom stereocenters. The normalized spacial score (nSPS) is 22.1. The van der Waals surface area contributed by atoms with Gasteiger partial charge in [0.1, 0.15) is 34.7 Å². The molecule has 2 heterocycles. The van der Waals surface area contributed by atoms with Gasteiger partial charge in [0, 0.05) is 56.8 Å². The first-order valence-corrected chi connectivity index (χ1v) is 15.8. The lowest BCUT2D eigenvalue weighted by Gasteiger charge is -2.61. The van der Waals surface area contributed by atoms with E-state index >= 15 is 0 Å². The van der Waals surface area contributed by atoms with E-state index in [2.05, 4.69) is 0 Å². The van der Waals surface area contributed by atoms with Crippen molar-refractivity contribution >= 4 is 11.9 Å². The number of halogens is 7. The molecule has 0 spiro atoms. The van der Waals surface area contributed by atoms with Crippen LogP contribution in [0.3, 0.4) is 0 Å². The number of carbonyl (C=O) groups is 2. The minimum absolute atomic E-state index is 0.0430. The van der Waals surface area contributed by atoms with Crippen LogP contribution in [-0.4, -0.2) is 144 Å². The van der Waals surface area contributed by atoms with Crippen LogP contribution in [0.5, 0.6) is 28.7 Å². The number of aromatic hydroxyl groups is 5. The van der Waals surface area contributed by atoms with E-state index in [9.17, 15) is 96.5 Å². The highest BCUT2D eigenvalue weighted by molar-refractivity contribution is 5.78. The van der Waals surface area contributed by atoms with Crippen LogP contribution < -0.4 is 0 Å². The van der Waals surface area contributed by atoms with Crippen LogP contribution in [0.2, 0.25) is 0 Å². The molecule has 2 aliphatic rings. The zero-order valence-electron chi connectivity index (χ0n) is 29.2. The molecule has 0 bridgehead atoms. The predicted octanol–water partition coefficient (Wildman–Crippen LogP) is 0.711. The number of phenolic OH excluding ortho intramolecular Hbond substituents is 5. The number of hydrogen-bond donors (Lipinski definition) is 11. The summed E-state index contributed by atoms with van der Waals surface area (Å²) in [5.74, 6) is -25.0. The lowest BCUT2D eigenvalue weighted by molar-refractivity contribution is -0.482. The number of nitrogens with zero attached hydrogens (tertiary/aromatic N) is 4. The van der Waals surface area contributed by atoms with Crippen molar-refractivity contribution in [1.82, 2.24) is 19.6 Å². The number of aliphatic hydroxyl groups is 6. The Bertz CT molecular complexity index is 1830. The fourth-order valence-corrected chi connectivity index (χ4v) is 7.25. The Morgan fingerprint density at radius 2 is 1.25 bits per heavy atom. The molecule has 308 valence electrons. The van der Waals surface area contributed by atoms with E-state index in [0.717, 1.165) is 18.7 Å². The van der Waals surface area contributed by atoms with Gasteiger partial charge in [-0.15, -0.1) is 0 Å². The van der Waals surface area contributed by atoms with Crippen LogP contribution in [0.15, 0.2) is 0 Å². The summed E-state index contributed by atoms with van der Waals surface area (Å²) in [7, 11) is 0.540. The number of likely N-dealkylation sites (tertiary alicyclic amines) is 1. The van der Waals surface area contributed by atoms with E-state index < -0.39 is 146 Å². The highest BCUT2D eigenvalue weighted by Gasteiger charge is 2.75. The van der Waals surface area contributed by atoms with E-state index in [-0.39, 0.29) is 18.0 Å². The Balaban J connectivity index is 2.03. The van der Waals surface area contributed by atoms with Crippen molar-refractivity contribution in [3.05, 3.63) is 39.2 Å². The van der Waals surface area contributed by atoms with E-state index in [4.69, 9.17) is 0 Å². The van der Waals surface area contributed by atoms with Crippen LogP contribution in [0.1, 0.15) is 59.3 Å². The van der Waals surface area contributed by atoms with Crippen molar-refractivity contribution in [2.24, 2.45) is 0 Å². The fraction of sp³-hybridized carbons (Fsp3) is 0.548. The Morgan fingerprint density at radius 1 is 0.764 bits per heavy atom. The van der Waals surface area contributed by atoms with E-state index in [0.29, 0.717) is 20.9 Å². The van der Waals surface area contributed by atoms with Gasteiger partial charge in [0.2, 0.25) is 17.5 Å². The number of piperazine rings is 1. The Hall–Kier alpha value is -4.59. The van der Waals surface area contributed by atoms with Crippen molar-refractivity contribution in [2.45, 2.75) is 75.7 Å². The average Bonchev–Trinajstić information content (AvgIpc) is 3.03. The summed E-state index contributed by atoms with van der Waals surface area (Å²) in [4.78, 5) is 27.7. The van der Waals surface area contributed by atoms with Gasteiger partial charge >= 0.3 is 24.3 Å². The Morgan fingerprint density at radius 3 is 1.71 bits per heavy atom. The van der Waals surface area contributed by atoms with Gasteiger partial charge in [-0.1, -0.05) is 0 Å². The summed E-state index contributed by atoms with van der Waals surface area (Å²) in [6.45, 7) is 1.59. The molecule has 0 aliphatic carbocycles. The minimum Gasteiger partial charge on any atom is -0.507 e. The molecule has 0 saturated carbocycles. The van der Waals surface area contributed by atoms with E-state index in [1.807, 2.05) is 0 Å². The number of benzene rings is 2. The van der Waals surface area contributed by atoms with Crippen molar-refractivity contribution < 1.29 is 96.5 Å². The number of urea groups is 1. The Labute approximate surface area is 305 Å². The highest BCUT2D eigenvalue weighted by Crippen LogP contribution is 2.56. The number of carbonyl (C=O) groups excluding carboxylic acids is 2. The van der Waals surface area contributed by atoms with Crippen molar-refractivity contribution in [3.8, 4) is 28.7 Å². The number of phenols is 5. The van der Waals surface area contributed by atoms with Crippen LogP contribution >= 0.6 is 0 Å². The van der Waals surface area contributed by atoms with Crippen molar-refractivity contribution in [2.75, 3.05) is 33.2 Å². The van der Waals surface area contributed by atoms with Crippen LogP contribution in [0, 0.1) is 19.7 Å². The van der Waals surface area contributed by atoms with E-state index in [1.54, 1.807) is 0 Å². The smallest absolute Gasteiger partial charge is 0.423 e. The maximum atomic E-state index is 14.7. The number of piperidine rings is 1. The molecule has 2 aliphatic heterocycles. The molecule has 2 saturated heterocycles. The molecule has 3 amide bonds. The van der Waals surface area contributed by atoms with Gasteiger partial charge in [-0.25, -0.2) is 4.79 Å². The maximum absolute atomic E-state index is 14.7. The molecule has 2 aromatic carbocycles. The number of rotatable bonds is 4. The molecule has 17 nitrogen and oxygen atoms in total. The molecule has 0 radical (unpaired) electrons. The van der Waals surface area contributed by atoms with Gasteiger partial charge in [-0.05, 0) is 26.3 Å². The second-order valence-electron chi connectivity index (χ2n) is 13.3. The number of hydrogen-bond acceptors (Lipinski definition) is 14. The highest BCUT2D eigenvalue weighted by atomic mass is 19.4. The zero-order valence-corrected chi connectivity index (χ0v) is 29.2. The molecule has 2 aromatic rings. The summed E-state index contributed by atoms with van der Waals surface area (Å²) < 4.78 is 98.7. The monoisotopic (exact) mass is 806 g/mol. The lowest BCUT2D eigenvalue weighted by Crippen LogP contribution is -2.85. The van der Waals surface area contributed by atoms with Crippen LogP contribution in [0.25, 0.3) is 0 Å². The SMILES string of the molecule is CC(=O)N1CCN(C2C(O)(O)C(c3c(C)c(O)c(F)c(O)c3O)N(C(=O)N(C)C(C)c3c(C)c(C(F)(F)F)c(O)c(C(F)(F)F)c3O)C(O)(O)C2(O)O)CC1. The number of alkyl halides is 6. The first-order valence-electron chi connectivity index (χ1n) is 15.8. The van der Waals surface area contributed by atoms with Gasteiger partial charge in [0.15, 0.2) is 17.2 Å². The van der Waals surface area contributed by atoms with Crippen molar-refractivity contribution in [1.29, 1.82) is 0 Å². The molecular formula is C31H37F7N4O13. The third kappa shape index (κ3) is 6.53. The summed E-state index contributed by atoms with van der Waals surface area (Å²) >= 11 is 0. The molecule has 11 N–H and O–H groups in total. The molecule has 3 unspecified atom stereocenters. The van der Waals surface area contributed by atoms with Gasteiger partial charge in [0.25, 0.3) is 5.79 Å². The van der Waals surface area contributed by atoms with Gasteiger partial charge < -0.3 is 66.0 Å². The third-order valence-corrected chi connectivity index (χ3v) is 10.1. The second kappa shape index (κ2) is 13.6. The minimum atomic E-state index is -5.87. The molecule has 2 fully saturated rings. The summed E-state index contributed by atoms with van der Waals surface area (Å²) in [6.07, 6.45) is -11.6. The molecule has 24 heteroatoms. The van der Waals surface area contributed by atoms with E-state index in [1.165, 1.54) is 4.90 Å². The van der Waals surface area contributed by atoms with Crippen LogP contribution in [-0.2, 0) is 17.1 Å². The van der Waals surface area contributed by atoms with Gasteiger partial charge in [-0.2, -0.15) is 30.7 Å². The lowest BCUT2D eigenvalue weighted by atomic mass is 9.77. The summed E-state index contributed by atoms with van der Waals surface area (Å²) in [5, 5.41) is 122. The van der Waals surface area contributed by atoms with Crippen molar-refractivity contribution in [3.63, 3.8) is 0 Å². The first kappa shape index (κ1) is 43.1. The summed E-state index contributed by atoms with van der Waals surface area (Å²) in [5.41, 5.74) is -9.83. The zero-order chi connectivity index (χ0) is 42.5. The maximum Gasteiger partial charge on any atom is 0.423 e. The molecular weight excluding hydrogens is 769 g/mol. The topological polar surface area (TPSA) is 270 Å². The summed E-state index contributed by atoms with van der Waals surface area (Å²) in [6, 6.07) is -10.4. The standard InChI is InChI=1S/C31H37F7N4O13/c1-10-14(20(45)17(30(36,37)38)22(47)16(10)29(33,34)35)12(3)39(5)26(49)42-24(15-11(2)19(44)18(32)23(48)21(15)46)27(50,51)25(28(52,53)31(42,54)55)41-8-6-40(7-9-41)13(4)43/h12,24-25,44-48,50-55H,6-9H2,1-5H3. The fourth-order valence-electron chi connectivity index (χ4n) is 7.25. The quantitative estimate of drug-likeness (QED) is 0.0880. The number of amides is 3. The Kier molecular flexibility index (Phi) is 10.6. The third-order valence-electron chi connectivity index (χ3n) is 10.1. The van der Waals surface area contributed by atoms with Gasteiger partial charge in [0.05, 0.1) is 6.04 Å². The average molecular weight is 807 g/mol. The molecule has 55 heavy (non-hydrogen) atoms. The largest absolute Gasteiger partial charge is 0.507 e. The van der Waals surface area contributed by atoms with Crippen LogP contribution in [0.4, 0.5) is 35.5 Å². The van der Waals surface area contributed by atoms with Gasteiger partial charge in [-0.3, -0.25) is 14.6 Å². The predicted molar refractivity (Wildman–Crippen MR) is 166 cm³/mol. The molecule has 0 aromatic heterocycles. The second-order valence-corrected chi connectivity index (χ2v) is 13.3. The first-order chi connectivity index (χ1) is 24.8. The molecule has 4 rings (SSSR count).